The van der Waals surface area contributed by atoms with E-state index in [0.29, 0.717) is 17.7 Å². The maximum Gasteiger partial charge on any atom is 0.264 e. The quantitative estimate of drug-likeness (QED) is 0.921. The van der Waals surface area contributed by atoms with Crippen molar-refractivity contribution in [2.24, 2.45) is 5.16 Å². The lowest BCUT2D eigenvalue weighted by molar-refractivity contribution is -0.131. The van der Waals surface area contributed by atoms with Gasteiger partial charge in [0.15, 0.2) is 0 Å². The number of hydrogen-bond donors (Lipinski definition) is 1. The molecule has 106 valence electrons. The van der Waals surface area contributed by atoms with E-state index in [9.17, 15) is 9.18 Å². The summed E-state index contributed by atoms with van der Waals surface area (Å²) in [6.45, 7) is 0. The van der Waals surface area contributed by atoms with E-state index in [-0.39, 0.29) is 17.8 Å². The van der Waals surface area contributed by atoms with Crippen LogP contribution in [0.2, 0.25) is 0 Å². The highest BCUT2D eigenvalue weighted by Crippen LogP contribution is 2.21. The van der Waals surface area contributed by atoms with Crippen LogP contribution in [-0.4, -0.2) is 23.8 Å². The van der Waals surface area contributed by atoms with Crippen LogP contribution in [0, 0.1) is 5.82 Å². The smallest absolute Gasteiger partial charge is 0.264 e. The molecule has 1 aromatic carbocycles. The fourth-order valence-corrected chi connectivity index (χ4v) is 2.74. The first-order chi connectivity index (χ1) is 9.74. The molecule has 1 aliphatic heterocycles. The molecule has 1 saturated carbocycles. The van der Waals surface area contributed by atoms with Crippen LogP contribution in [0.25, 0.3) is 0 Å². The Morgan fingerprint density at radius 2 is 2.05 bits per heavy atom. The Morgan fingerprint density at radius 1 is 1.30 bits per heavy atom. The highest BCUT2D eigenvalue weighted by atomic mass is 19.1. The van der Waals surface area contributed by atoms with Crippen molar-refractivity contribution in [3.05, 3.63) is 35.6 Å². The van der Waals surface area contributed by atoms with E-state index < -0.39 is 6.10 Å². The predicted molar refractivity (Wildman–Crippen MR) is 72.8 cm³/mol. The molecule has 3 rings (SSSR count). The van der Waals surface area contributed by atoms with Gasteiger partial charge in [0, 0.05) is 18.0 Å². The van der Waals surface area contributed by atoms with Crippen LogP contribution < -0.4 is 5.32 Å². The van der Waals surface area contributed by atoms with Crippen LogP contribution in [0.15, 0.2) is 29.4 Å². The van der Waals surface area contributed by atoms with E-state index >= 15 is 0 Å². The molecule has 1 aliphatic carbocycles. The molecule has 5 heteroatoms. The first-order valence-electron chi connectivity index (χ1n) is 7.02. The molecule has 1 amide bonds. The number of carbonyl (C=O) groups is 1. The number of oxime groups is 1. The number of halogens is 1. The third-order valence-corrected chi connectivity index (χ3v) is 3.85. The fourth-order valence-electron chi connectivity index (χ4n) is 2.74. The summed E-state index contributed by atoms with van der Waals surface area (Å²) in [5.74, 6) is -0.487. The Balaban J connectivity index is 1.61. The van der Waals surface area contributed by atoms with Crippen LogP contribution >= 0.6 is 0 Å². The molecule has 0 bridgehead atoms. The van der Waals surface area contributed by atoms with E-state index in [1.165, 1.54) is 6.07 Å². The zero-order valence-electron chi connectivity index (χ0n) is 11.1. The molecule has 0 unspecified atom stereocenters. The van der Waals surface area contributed by atoms with Crippen molar-refractivity contribution >= 4 is 11.6 Å². The molecule has 4 nitrogen and oxygen atoms in total. The van der Waals surface area contributed by atoms with Crippen LogP contribution in [-0.2, 0) is 9.63 Å². The molecule has 1 heterocycles. The Morgan fingerprint density at radius 3 is 2.80 bits per heavy atom. The molecule has 1 atom stereocenters. The molecular weight excluding hydrogens is 259 g/mol. The summed E-state index contributed by atoms with van der Waals surface area (Å²) in [5.41, 5.74) is 0.901. The largest absolute Gasteiger partial charge is 0.382 e. The van der Waals surface area contributed by atoms with Gasteiger partial charge in [0.2, 0.25) is 6.10 Å². The monoisotopic (exact) mass is 276 g/mol. The molecule has 0 aromatic heterocycles. The van der Waals surface area contributed by atoms with Gasteiger partial charge in [0.1, 0.15) is 5.82 Å². The van der Waals surface area contributed by atoms with Gasteiger partial charge < -0.3 is 10.2 Å². The lowest BCUT2D eigenvalue weighted by Crippen LogP contribution is -2.40. The van der Waals surface area contributed by atoms with Gasteiger partial charge in [0.05, 0.1) is 5.71 Å². The molecule has 0 radical (unpaired) electrons. The summed E-state index contributed by atoms with van der Waals surface area (Å²) in [7, 11) is 0. The predicted octanol–water partition coefficient (Wildman–Crippen LogP) is 2.38. The van der Waals surface area contributed by atoms with E-state index in [2.05, 4.69) is 10.5 Å². The number of rotatable bonds is 3. The molecule has 1 N–H and O–H groups in total. The zero-order chi connectivity index (χ0) is 13.9. The first-order valence-corrected chi connectivity index (χ1v) is 7.02. The molecule has 1 aromatic rings. The Hall–Kier alpha value is -1.91. The average Bonchev–Trinajstić information content (AvgIpc) is 3.10. The zero-order valence-corrected chi connectivity index (χ0v) is 11.1. The molecule has 2 aliphatic rings. The second-order valence-electron chi connectivity index (χ2n) is 5.31. The van der Waals surface area contributed by atoms with Gasteiger partial charge in [0.25, 0.3) is 5.91 Å². The molecule has 0 spiro atoms. The van der Waals surface area contributed by atoms with Crippen LogP contribution in [0.1, 0.15) is 37.7 Å². The van der Waals surface area contributed by atoms with E-state index in [1.807, 2.05) is 0 Å². The van der Waals surface area contributed by atoms with Crippen LogP contribution in [0.4, 0.5) is 4.39 Å². The summed E-state index contributed by atoms with van der Waals surface area (Å²) in [4.78, 5) is 17.2. The van der Waals surface area contributed by atoms with E-state index in [0.717, 1.165) is 25.7 Å². The molecular formula is C15H17FN2O2. The SMILES string of the molecule is O=C(NC1CCCC1)[C@H]1CC(c2ccccc2F)=NO1. The number of benzene rings is 1. The third kappa shape index (κ3) is 2.66. The summed E-state index contributed by atoms with van der Waals surface area (Å²) in [5, 5.41) is 6.84. The van der Waals surface area contributed by atoms with E-state index in [4.69, 9.17) is 4.84 Å². The standard InChI is InChI=1S/C15H17FN2O2/c16-12-8-4-3-7-11(12)13-9-14(20-18-13)15(19)17-10-5-1-2-6-10/h3-4,7-8,10,14H,1-2,5-6,9H2,(H,17,19)/t14-/m1/s1. The van der Waals surface area contributed by atoms with Crippen LogP contribution in [0.3, 0.4) is 0 Å². The van der Waals surface area contributed by atoms with Crippen molar-refractivity contribution in [2.45, 2.75) is 44.2 Å². The van der Waals surface area contributed by atoms with Gasteiger partial charge in [-0.05, 0) is 18.9 Å². The van der Waals surface area contributed by atoms with E-state index in [1.54, 1.807) is 18.2 Å². The number of carbonyl (C=O) groups excluding carboxylic acids is 1. The van der Waals surface area contributed by atoms with Crippen molar-refractivity contribution in [3.63, 3.8) is 0 Å². The lowest BCUT2D eigenvalue weighted by atomic mass is 10.0. The Kier molecular flexibility index (Phi) is 3.67. The maximum absolute atomic E-state index is 13.7. The Labute approximate surface area is 117 Å². The number of amides is 1. The third-order valence-electron chi connectivity index (χ3n) is 3.85. The first kappa shape index (κ1) is 13.1. The molecule has 0 saturated heterocycles. The van der Waals surface area contributed by atoms with Gasteiger partial charge >= 0.3 is 0 Å². The number of hydrogen-bond acceptors (Lipinski definition) is 3. The van der Waals surface area contributed by atoms with Gasteiger partial charge in [-0.3, -0.25) is 4.79 Å². The van der Waals surface area contributed by atoms with Crippen molar-refractivity contribution in [1.29, 1.82) is 0 Å². The molecule has 1 fully saturated rings. The van der Waals surface area contributed by atoms with Gasteiger partial charge in [-0.25, -0.2) is 4.39 Å². The average molecular weight is 276 g/mol. The van der Waals surface area contributed by atoms with Crippen LogP contribution in [0.5, 0.6) is 0 Å². The second-order valence-corrected chi connectivity index (χ2v) is 5.31. The van der Waals surface area contributed by atoms with Gasteiger partial charge in [-0.1, -0.05) is 36.2 Å². The topological polar surface area (TPSA) is 50.7 Å². The van der Waals surface area contributed by atoms with Crippen molar-refractivity contribution < 1.29 is 14.0 Å². The minimum atomic E-state index is -0.634. The Bertz CT molecular complexity index is 538. The summed E-state index contributed by atoms with van der Waals surface area (Å²) < 4.78 is 13.7. The van der Waals surface area contributed by atoms with Crippen molar-refractivity contribution in [3.8, 4) is 0 Å². The minimum absolute atomic E-state index is 0.146. The maximum atomic E-state index is 13.7. The summed E-state index contributed by atoms with van der Waals surface area (Å²) >= 11 is 0. The summed E-state index contributed by atoms with van der Waals surface area (Å²) in [6, 6.07) is 6.65. The molecule has 20 heavy (non-hydrogen) atoms. The van der Waals surface area contributed by atoms with Gasteiger partial charge in [-0.15, -0.1) is 0 Å². The van der Waals surface area contributed by atoms with Crippen molar-refractivity contribution in [1.82, 2.24) is 5.32 Å². The fraction of sp³-hybridized carbons (Fsp3) is 0.467. The number of nitrogens with zero attached hydrogens (tertiary/aromatic N) is 1. The lowest BCUT2D eigenvalue weighted by Gasteiger charge is -2.14. The normalized spacial score (nSPS) is 22.4. The minimum Gasteiger partial charge on any atom is -0.382 e. The highest BCUT2D eigenvalue weighted by molar-refractivity contribution is 6.04. The van der Waals surface area contributed by atoms with Crippen molar-refractivity contribution in [2.75, 3.05) is 0 Å². The number of nitrogens with one attached hydrogen (secondary N) is 1. The van der Waals surface area contributed by atoms with Gasteiger partial charge in [-0.2, -0.15) is 0 Å². The highest BCUT2D eigenvalue weighted by Gasteiger charge is 2.31. The second kappa shape index (κ2) is 5.61. The summed E-state index contributed by atoms with van der Waals surface area (Å²) in [6.07, 6.45) is 4.06.